The van der Waals surface area contributed by atoms with Gasteiger partial charge in [0.25, 0.3) is 0 Å². The van der Waals surface area contributed by atoms with E-state index >= 15 is 0 Å². The number of fused-ring (bicyclic) bond motifs is 1. The number of hydrogen-bond donors (Lipinski definition) is 0. The lowest BCUT2D eigenvalue weighted by Gasteiger charge is -2.40. The number of benzene rings is 2. The molecule has 5 aromatic rings. The SMILES string of the molecule is CCC1C(=O)N(C)c2cnc(-n3ccnc3-c3ccc(F)cc3)nc2N1c1cccc(-c2cncnc2)c1. The Morgan fingerprint density at radius 2 is 1.74 bits per heavy atom. The minimum Gasteiger partial charge on any atom is -0.312 e. The van der Waals surface area contributed by atoms with Crippen molar-refractivity contribution in [3.8, 4) is 28.5 Å². The van der Waals surface area contributed by atoms with Crippen LogP contribution in [0.2, 0.25) is 0 Å². The molecule has 188 valence electrons. The molecule has 0 saturated heterocycles. The van der Waals surface area contributed by atoms with Gasteiger partial charge in [0, 0.05) is 48.6 Å². The van der Waals surface area contributed by atoms with E-state index in [-0.39, 0.29) is 11.7 Å². The smallest absolute Gasteiger partial charge is 0.250 e. The van der Waals surface area contributed by atoms with E-state index in [1.165, 1.54) is 18.5 Å². The van der Waals surface area contributed by atoms with Crippen molar-refractivity contribution in [3.05, 3.63) is 91.7 Å². The normalized spacial score (nSPS) is 15.0. The molecule has 1 aliphatic heterocycles. The summed E-state index contributed by atoms with van der Waals surface area (Å²) < 4.78 is 15.3. The molecule has 3 aromatic heterocycles. The van der Waals surface area contributed by atoms with Gasteiger partial charge in [-0.15, -0.1) is 0 Å². The fourth-order valence-corrected chi connectivity index (χ4v) is 4.71. The number of aromatic nitrogens is 6. The average molecular weight is 507 g/mol. The second kappa shape index (κ2) is 9.47. The second-order valence-corrected chi connectivity index (χ2v) is 8.88. The van der Waals surface area contributed by atoms with Crippen LogP contribution in [0.4, 0.5) is 21.6 Å². The summed E-state index contributed by atoms with van der Waals surface area (Å²) in [5.41, 5.74) is 3.93. The number of halogens is 1. The van der Waals surface area contributed by atoms with Crippen LogP contribution in [-0.2, 0) is 4.79 Å². The van der Waals surface area contributed by atoms with Crippen LogP contribution >= 0.6 is 0 Å². The third-order valence-corrected chi connectivity index (χ3v) is 6.62. The highest BCUT2D eigenvalue weighted by Crippen LogP contribution is 2.40. The van der Waals surface area contributed by atoms with Crippen LogP contribution in [0.25, 0.3) is 28.5 Å². The number of carbonyl (C=O) groups is 1. The Morgan fingerprint density at radius 3 is 2.50 bits per heavy atom. The largest absolute Gasteiger partial charge is 0.312 e. The third-order valence-electron chi connectivity index (χ3n) is 6.62. The van der Waals surface area contributed by atoms with E-state index in [4.69, 9.17) is 4.98 Å². The Morgan fingerprint density at radius 1 is 0.947 bits per heavy atom. The third kappa shape index (κ3) is 3.96. The molecule has 1 atom stereocenters. The van der Waals surface area contributed by atoms with E-state index in [0.717, 1.165) is 22.4 Å². The van der Waals surface area contributed by atoms with Gasteiger partial charge in [0.15, 0.2) is 5.82 Å². The van der Waals surface area contributed by atoms with Crippen LogP contribution in [0.3, 0.4) is 0 Å². The standard InChI is InChI=1S/C28H23FN8O/c1-3-23-27(38)35(2)24-16-33-28(36-12-11-32-25(36)18-7-9-21(29)10-8-18)34-26(24)37(23)22-6-4-5-19(13-22)20-14-30-17-31-15-20/h4-17,23H,3H2,1-2H3. The van der Waals surface area contributed by atoms with Gasteiger partial charge >= 0.3 is 0 Å². The van der Waals surface area contributed by atoms with Gasteiger partial charge in [0.2, 0.25) is 11.9 Å². The molecule has 1 aliphatic rings. The Hall–Kier alpha value is -4.99. The monoisotopic (exact) mass is 506 g/mol. The number of anilines is 3. The molecule has 38 heavy (non-hydrogen) atoms. The van der Waals surface area contributed by atoms with Crippen LogP contribution in [0.15, 0.2) is 85.8 Å². The summed E-state index contributed by atoms with van der Waals surface area (Å²) in [4.78, 5) is 39.2. The molecule has 9 nitrogen and oxygen atoms in total. The zero-order valence-corrected chi connectivity index (χ0v) is 20.7. The minimum absolute atomic E-state index is 0.0422. The minimum atomic E-state index is -0.461. The molecular weight excluding hydrogens is 483 g/mol. The Balaban J connectivity index is 1.50. The van der Waals surface area contributed by atoms with E-state index in [2.05, 4.69) is 19.9 Å². The first-order valence-corrected chi connectivity index (χ1v) is 12.1. The quantitative estimate of drug-likeness (QED) is 0.337. The molecule has 10 heteroatoms. The number of carbonyl (C=O) groups excluding carboxylic acids is 1. The van der Waals surface area contributed by atoms with Crippen LogP contribution < -0.4 is 9.80 Å². The van der Waals surface area contributed by atoms with Crippen LogP contribution in [0, 0.1) is 5.82 Å². The van der Waals surface area contributed by atoms with Crippen molar-refractivity contribution in [1.82, 2.24) is 29.5 Å². The highest BCUT2D eigenvalue weighted by atomic mass is 19.1. The van der Waals surface area contributed by atoms with E-state index in [1.807, 2.05) is 36.1 Å². The van der Waals surface area contributed by atoms with Gasteiger partial charge in [0.05, 0.1) is 6.20 Å². The van der Waals surface area contributed by atoms with Gasteiger partial charge in [0.1, 0.15) is 29.7 Å². The van der Waals surface area contributed by atoms with Crippen LogP contribution in [0.1, 0.15) is 13.3 Å². The predicted molar refractivity (Wildman–Crippen MR) is 142 cm³/mol. The molecule has 6 rings (SSSR count). The first-order valence-electron chi connectivity index (χ1n) is 12.1. The Labute approximate surface area is 218 Å². The predicted octanol–water partition coefficient (Wildman–Crippen LogP) is 4.82. The Kier molecular flexibility index (Phi) is 5.83. The Bertz CT molecular complexity index is 1620. The summed E-state index contributed by atoms with van der Waals surface area (Å²) in [6, 6.07) is 13.5. The fourth-order valence-electron chi connectivity index (χ4n) is 4.71. The molecule has 0 aliphatic carbocycles. The fraction of sp³-hybridized carbons (Fsp3) is 0.143. The lowest BCUT2D eigenvalue weighted by Crippen LogP contribution is -2.50. The highest BCUT2D eigenvalue weighted by Gasteiger charge is 2.38. The van der Waals surface area contributed by atoms with Crippen molar-refractivity contribution in [3.63, 3.8) is 0 Å². The number of amides is 1. The van der Waals surface area contributed by atoms with E-state index in [9.17, 15) is 9.18 Å². The first-order chi connectivity index (χ1) is 18.5. The van der Waals surface area contributed by atoms with Gasteiger partial charge in [-0.1, -0.05) is 19.1 Å². The van der Waals surface area contributed by atoms with E-state index in [1.54, 1.807) is 59.6 Å². The summed E-state index contributed by atoms with van der Waals surface area (Å²) >= 11 is 0. The summed E-state index contributed by atoms with van der Waals surface area (Å²) in [5.74, 6) is 1.20. The van der Waals surface area contributed by atoms with Crippen LogP contribution in [-0.4, -0.2) is 48.5 Å². The number of hydrogen-bond acceptors (Lipinski definition) is 7. The molecule has 0 spiro atoms. The lowest BCUT2D eigenvalue weighted by molar-refractivity contribution is -0.119. The maximum Gasteiger partial charge on any atom is 0.250 e. The highest BCUT2D eigenvalue weighted by molar-refractivity contribution is 6.06. The van der Waals surface area contributed by atoms with Crippen LogP contribution in [0.5, 0.6) is 0 Å². The summed E-state index contributed by atoms with van der Waals surface area (Å²) in [6.45, 7) is 1.98. The van der Waals surface area contributed by atoms with Crippen molar-refractivity contribution in [2.75, 3.05) is 16.8 Å². The van der Waals surface area contributed by atoms with Crippen molar-refractivity contribution >= 4 is 23.1 Å². The zero-order chi connectivity index (χ0) is 26.2. The van der Waals surface area contributed by atoms with Gasteiger partial charge in [-0.3, -0.25) is 9.36 Å². The maximum atomic E-state index is 13.5. The second-order valence-electron chi connectivity index (χ2n) is 8.88. The summed E-state index contributed by atoms with van der Waals surface area (Å²) in [6.07, 6.45) is 10.6. The van der Waals surface area contributed by atoms with E-state index < -0.39 is 6.04 Å². The zero-order valence-electron chi connectivity index (χ0n) is 20.7. The molecule has 1 amide bonds. The molecule has 1 unspecified atom stereocenters. The molecule has 0 fully saturated rings. The number of nitrogens with zero attached hydrogens (tertiary/aromatic N) is 8. The van der Waals surface area contributed by atoms with Gasteiger partial charge < -0.3 is 9.80 Å². The van der Waals surface area contributed by atoms with Gasteiger partial charge in [-0.2, -0.15) is 4.98 Å². The van der Waals surface area contributed by atoms with Gasteiger partial charge in [-0.25, -0.2) is 24.3 Å². The first kappa shape index (κ1) is 23.4. The molecule has 0 saturated carbocycles. The van der Waals surface area contributed by atoms with E-state index in [0.29, 0.717) is 29.7 Å². The number of likely N-dealkylation sites (N-methyl/N-ethyl adjacent to an activating group) is 1. The van der Waals surface area contributed by atoms with Gasteiger partial charge in [-0.05, 0) is 48.4 Å². The van der Waals surface area contributed by atoms with Crippen molar-refractivity contribution in [2.24, 2.45) is 0 Å². The molecule has 4 heterocycles. The average Bonchev–Trinajstić information content (AvgIpc) is 3.45. The van der Waals surface area contributed by atoms with Crippen molar-refractivity contribution < 1.29 is 9.18 Å². The molecule has 0 radical (unpaired) electrons. The molecular formula is C28H23FN8O. The molecule has 0 N–H and O–H groups in total. The summed E-state index contributed by atoms with van der Waals surface area (Å²) in [7, 11) is 1.74. The number of rotatable bonds is 5. The van der Waals surface area contributed by atoms with Crippen molar-refractivity contribution in [2.45, 2.75) is 19.4 Å². The van der Waals surface area contributed by atoms with Crippen molar-refractivity contribution in [1.29, 1.82) is 0 Å². The molecule has 2 aromatic carbocycles. The summed E-state index contributed by atoms with van der Waals surface area (Å²) in [5, 5.41) is 0. The lowest BCUT2D eigenvalue weighted by atomic mass is 10.0. The molecule has 0 bridgehead atoms. The number of imidazole rings is 1. The maximum absolute atomic E-state index is 13.5. The topological polar surface area (TPSA) is 92.9 Å².